The van der Waals surface area contributed by atoms with Gasteiger partial charge in [0, 0.05) is 51.0 Å². The number of carbonyl (C=O) groups excluding carboxylic acids is 2. The second-order valence-electron chi connectivity index (χ2n) is 7.29. The quantitative estimate of drug-likeness (QED) is 0.839. The van der Waals surface area contributed by atoms with Gasteiger partial charge in [0.05, 0.1) is 7.11 Å². The van der Waals surface area contributed by atoms with Gasteiger partial charge in [0.15, 0.2) is 0 Å². The summed E-state index contributed by atoms with van der Waals surface area (Å²) >= 11 is 0. The largest absolute Gasteiger partial charge is 0.497 e. The maximum absolute atomic E-state index is 12.6. The number of hydrogen-bond donors (Lipinski definition) is 1. The predicted octanol–water partition coefficient (Wildman–Crippen LogP) is 1.74. The lowest BCUT2D eigenvalue weighted by Crippen LogP contribution is -2.37. The molecular weight excluding hydrogens is 330 g/mol. The number of methoxy groups -OCH3 is 1. The minimum absolute atomic E-state index is 0.0604. The molecule has 0 spiro atoms. The molecule has 1 aromatic rings. The SMILES string of the molecule is COc1cccc([C@H]2CN(C(=O)CCCN3CCCCC3=O)C[C@@H]2N)c1. The second kappa shape index (κ2) is 8.54. The van der Waals surface area contributed by atoms with Crippen LogP contribution in [0.4, 0.5) is 0 Å². The average molecular weight is 359 g/mol. The van der Waals surface area contributed by atoms with Crippen molar-refractivity contribution >= 4 is 11.8 Å². The van der Waals surface area contributed by atoms with Crippen LogP contribution < -0.4 is 10.5 Å². The van der Waals surface area contributed by atoms with Crippen molar-refractivity contribution in [2.45, 2.75) is 44.1 Å². The summed E-state index contributed by atoms with van der Waals surface area (Å²) in [6.45, 7) is 2.75. The number of likely N-dealkylation sites (tertiary alicyclic amines) is 2. The third kappa shape index (κ3) is 4.36. The van der Waals surface area contributed by atoms with E-state index >= 15 is 0 Å². The van der Waals surface area contributed by atoms with Crippen LogP contribution in [0.1, 0.15) is 43.6 Å². The summed E-state index contributed by atoms with van der Waals surface area (Å²) in [5.41, 5.74) is 7.42. The van der Waals surface area contributed by atoms with Gasteiger partial charge >= 0.3 is 0 Å². The number of nitrogens with zero attached hydrogens (tertiary/aromatic N) is 2. The Balaban J connectivity index is 1.50. The third-order valence-corrected chi connectivity index (χ3v) is 5.48. The number of nitrogens with two attached hydrogens (primary N) is 1. The Hall–Kier alpha value is -2.08. The fourth-order valence-corrected chi connectivity index (χ4v) is 3.93. The molecule has 0 radical (unpaired) electrons. The number of hydrogen-bond acceptors (Lipinski definition) is 4. The van der Waals surface area contributed by atoms with Crippen molar-refractivity contribution < 1.29 is 14.3 Å². The van der Waals surface area contributed by atoms with Crippen LogP contribution in [0.25, 0.3) is 0 Å². The molecule has 0 aliphatic carbocycles. The Morgan fingerprint density at radius 1 is 1.31 bits per heavy atom. The van der Waals surface area contributed by atoms with Crippen LogP contribution in [-0.2, 0) is 9.59 Å². The molecule has 2 saturated heterocycles. The number of benzene rings is 1. The number of piperidine rings is 1. The van der Waals surface area contributed by atoms with Crippen molar-refractivity contribution in [3.8, 4) is 5.75 Å². The maximum Gasteiger partial charge on any atom is 0.222 e. The molecule has 2 aliphatic heterocycles. The zero-order chi connectivity index (χ0) is 18.5. The summed E-state index contributed by atoms with van der Waals surface area (Å²) in [5.74, 6) is 1.31. The number of carbonyl (C=O) groups is 2. The summed E-state index contributed by atoms with van der Waals surface area (Å²) in [7, 11) is 1.65. The average Bonchev–Trinajstić information content (AvgIpc) is 3.05. The topological polar surface area (TPSA) is 75.9 Å². The van der Waals surface area contributed by atoms with E-state index in [1.807, 2.05) is 34.1 Å². The molecule has 2 aliphatic rings. The van der Waals surface area contributed by atoms with E-state index in [0.717, 1.165) is 37.1 Å². The number of rotatable bonds is 6. The van der Waals surface area contributed by atoms with Crippen molar-refractivity contribution in [1.29, 1.82) is 0 Å². The lowest BCUT2D eigenvalue weighted by molar-refractivity contribution is -0.134. The first kappa shape index (κ1) is 18.7. The predicted molar refractivity (Wildman–Crippen MR) is 100.0 cm³/mol. The maximum atomic E-state index is 12.6. The van der Waals surface area contributed by atoms with Gasteiger partial charge in [-0.2, -0.15) is 0 Å². The highest BCUT2D eigenvalue weighted by Gasteiger charge is 2.33. The molecule has 26 heavy (non-hydrogen) atoms. The van der Waals surface area contributed by atoms with Gasteiger partial charge in [-0.25, -0.2) is 0 Å². The molecule has 0 unspecified atom stereocenters. The highest BCUT2D eigenvalue weighted by atomic mass is 16.5. The van der Waals surface area contributed by atoms with Crippen molar-refractivity contribution in [3.05, 3.63) is 29.8 Å². The van der Waals surface area contributed by atoms with E-state index < -0.39 is 0 Å². The summed E-state index contributed by atoms with van der Waals surface area (Å²) < 4.78 is 5.29. The number of ether oxygens (including phenoxy) is 1. The van der Waals surface area contributed by atoms with Gasteiger partial charge in [0.1, 0.15) is 5.75 Å². The Morgan fingerprint density at radius 3 is 2.92 bits per heavy atom. The normalized spacial score (nSPS) is 23.4. The molecular formula is C20H29N3O3. The van der Waals surface area contributed by atoms with Crippen LogP contribution in [0.5, 0.6) is 5.75 Å². The van der Waals surface area contributed by atoms with Crippen LogP contribution in [-0.4, -0.2) is 60.9 Å². The van der Waals surface area contributed by atoms with E-state index in [4.69, 9.17) is 10.5 Å². The molecule has 0 bridgehead atoms. The van der Waals surface area contributed by atoms with Crippen molar-refractivity contribution in [3.63, 3.8) is 0 Å². The van der Waals surface area contributed by atoms with Gasteiger partial charge in [-0.15, -0.1) is 0 Å². The first-order valence-electron chi connectivity index (χ1n) is 9.53. The van der Waals surface area contributed by atoms with Crippen molar-refractivity contribution in [2.24, 2.45) is 5.73 Å². The highest BCUT2D eigenvalue weighted by Crippen LogP contribution is 2.29. The molecule has 2 fully saturated rings. The molecule has 2 atom stereocenters. The first-order valence-corrected chi connectivity index (χ1v) is 9.53. The Kier molecular flexibility index (Phi) is 6.14. The summed E-state index contributed by atoms with van der Waals surface area (Å²) in [5, 5.41) is 0. The van der Waals surface area contributed by atoms with E-state index in [1.54, 1.807) is 7.11 Å². The molecule has 2 amide bonds. The van der Waals surface area contributed by atoms with Crippen LogP contribution in [0.15, 0.2) is 24.3 Å². The minimum Gasteiger partial charge on any atom is -0.497 e. The van der Waals surface area contributed by atoms with Gasteiger partial charge < -0.3 is 20.3 Å². The van der Waals surface area contributed by atoms with Crippen LogP contribution in [0, 0.1) is 0 Å². The zero-order valence-electron chi connectivity index (χ0n) is 15.5. The smallest absolute Gasteiger partial charge is 0.222 e. The first-order chi connectivity index (χ1) is 12.6. The molecule has 0 saturated carbocycles. The molecule has 6 nitrogen and oxygen atoms in total. The number of amides is 2. The monoisotopic (exact) mass is 359 g/mol. The Bertz CT molecular complexity index is 649. The van der Waals surface area contributed by atoms with Gasteiger partial charge in [-0.3, -0.25) is 9.59 Å². The van der Waals surface area contributed by atoms with E-state index in [9.17, 15) is 9.59 Å². The van der Waals surface area contributed by atoms with E-state index in [0.29, 0.717) is 32.5 Å². The lowest BCUT2D eigenvalue weighted by Gasteiger charge is -2.26. The van der Waals surface area contributed by atoms with Gasteiger partial charge in [0.25, 0.3) is 0 Å². The summed E-state index contributed by atoms with van der Waals surface area (Å²) in [6, 6.07) is 7.86. The Labute approximate surface area is 155 Å². The van der Waals surface area contributed by atoms with Crippen molar-refractivity contribution in [1.82, 2.24) is 9.80 Å². The van der Waals surface area contributed by atoms with Crippen molar-refractivity contribution in [2.75, 3.05) is 33.3 Å². The van der Waals surface area contributed by atoms with E-state index in [-0.39, 0.29) is 23.8 Å². The van der Waals surface area contributed by atoms with Gasteiger partial charge in [-0.1, -0.05) is 12.1 Å². The van der Waals surface area contributed by atoms with Crippen LogP contribution in [0.2, 0.25) is 0 Å². The molecule has 1 aromatic carbocycles. The van der Waals surface area contributed by atoms with E-state index in [2.05, 4.69) is 0 Å². The molecule has 6 heteroatoms. The lowest BCUT2D eigenvalue weighted by atomic mass is 9.95. The molecule has 3 rings (SSSR count). The highest BCUT2D eigenvalue weighted by molar-refractivity contribution is 5.78. The van der Waals surface area contributed by atoms with Gasteiger partial charge in [0.2, 0.25) is 11.8 Å². The second-order valence-corrected chi connectivity index (χ2v) is 7.29. The summed E-state index contributed by atoms with van der Waals surface area (Å²) in [6.07, 6.45) is 3.91. The standard InChI is InChI=1S/C20H29N3O3/c1-26-16-7-4-6-15(12-16)17-13-23(14-18(17)21)20(25)9-5-11-22-10-3-2-8-19(22)24/h4,6-7,12,17-18H,2-3,5,8-11,13-14,21H2,1H3/t17-,18+/m1/s1. The fraction of sp³-hybridized carbons (Fsp3) is 0.600. The molecule has 0 aromatic heterocycles. The summed E-state index contributed by atoms with van der Waals surface area (Å²) in [4.78, 5) is 28.1. The van der Waals surface area contributed by atoms with Crippen LogP contribution in [0.3, 0.4) is 0 Å². The molecule has 2 N–H and O–H groups in total. The van der Waals surface area contributed by atoms with Gasteiger partial charge in [-0.05, 0) is 37.0 Å². The third-order valence-electron chi connectivity index (χ3n) is 5.48. The minimum atomic E-state index is -0.0604. The molecule has 142 valence electrons. The Morgan fingerprint density at radius 2 is 2.15 bits per heavy atom. The molecule has 2 heterocycles. The van der Waals surface area contributed by atoms with Crippen LogP contribution >= 0.6 is 0 Å². The fourth-order valence-electron chi connectivity index (χ4n) is 3.93. The zero-order valence-corrected chi connectivity index (χ0v) is 15.5. The van der Waals surface area contributed by atoms with E-state index in [1.165, 1.54) is 0 Å².